The zero-order chi connectivity index (χ0) is 22.8. The number of nitrogens with zero attached hydrogens (tertiary/aromatic N) is 3. The SMILES string of the molecule is CCNC(=NCc1ccc(OC)c(OC)c1)NCCCc1cn(-c2ccccc2)nc1C.I. The van der Waals surface area contributed by atoms with Gasteiger partial charge >= 0.3 is 0 Å². The van der Waals surface area contributed by atoms with Crippen molar-refractivity contribution in [3.63, 3.8) is 0 Å². The highest BCUT2D eigenvalue weighted by molar-refractivity contribution is 14.0. The van der Waals surface area contributed by atoms with E-state index in [4.69, 9.17) is 14.5 Å². The van der Waals surface area contributed by atoms with Crippen LogP contribution in [-0.4, -0.2) is 43.0 Å². The lowest BCUT2D eigenvalue weighted by atomic mass is 10.1. The van der Waals surface area contributed by atoms with Gasteiger partial charge in [0.25, 0.3) is 0 Å². The number of hydrogen-bond acceptors (Lipinski definition) is 4. The molecule has 0 saturated carbocycles. The topological polar surface area (TPSA) is 72.7 Å². The van der Waals surface area contributed by atoms with Crippen LogP contribution in [0.5, 0.6) is 11.5 Å². The summed E-state index contributed by atoms with van der Waals surface area (Å²) in [4.78, 5) is 4.70. The number of methoxy groups -OCH3 is 2. The zero-order valence-corrected chi connectivity index (χ0v) is 22.1. The molecule has 7 nitrogen and oxygen atoms in total. The molecule has 178 valence electrons. The second kappa shape index (κ2) is 13.7. The number of ether oxygens (including phenoxy) is 2. The minimum absolute atomic E-state index is 0. The molecule has 0 aliphatic heterocycles. The van der Waals surface area contributed by atoms with Crippen LogP contribution in [0, 0.1) is 6.92 Å². The lowest BCUT2D eigenvalue weighted by Gasteiger charge is -2.12. The fraction of sp³-hybridized carbons (Fsp3) is 0.360. The van der Waals surface area contributed by atoms with E-state index in [1.807, 2.05) is 41.1 Å². The van der Waals surface area contributed by atoms with Crippen molar-refractivity contribution in [3.05, 3.63) is 71.5 Å². The van der Waals surface area contributed by atoms with E-state index in [-0.39, 0.29) is 24.0 Å². The Morgan fingerprint density at radius 1 is 1.03 bits per heavy atom. The number of rotatable bonds is 10. The van der Waals surface area contributed by atoms with Gasteiger partial charge in [0.15, 0.2) is 17.5 Å². The lowest BCUT2D eigenvalue weighted by Crippen LogP contribution is -2.37. The highest BCUT2D eigenvalue weighted by Gasteiger charge is 2.07. The molecule has 0 spiro atoms. The summed E-state index contributed by atoms with van der Waals surface area (Å²) in [6, 6.07) is 16.1. The van der Waals surface area contributed by atoms with Gasteiger partial charge in [0, 0.05) is 19.3 Å². The Bertz CT molecular complexity index is 1020. The molecule has 0 fully saturated rings. The summed E-state index contributed by atoms with van der Waals surface area (Å²) in [7, 11) is 3.28. The third kappa shape index (κ3) is 7.66. The molecular formula is C25H34IN5O2. The third-order valence-corrected chi connectivity index (χ3v) is 5.15. The van der Waals surface area contributed by atoms with Crippen molar-refractivity contribution in [2.75, 3.05) is 27.3 Å². The first-order valence-corrected chi connectivity index (χ1v) is 11.0. The van der Waals surface area contributed by atoms with Crippen molar-refractivity contribution in [1.29, 1.82) is 0 Å². The van der Waals surface area contributed by atoms with Crippen LogP contribution in [0.15, 0.2) is 59.7 Å². The van der Waals surface area contributed by atoms with Crippen LogP contribution in [0.1, 0.15) is 30.2 Å². The number of aliphatic imine (C=N–C) groups is 1. The Hall–Kier alpha value is -2.75. The van der Waals surface area contributed by atoms with Crippen LogP contribution < -0.4 is 20.1 Å². The highest BCUT2D eigenvalue weighted by atomic mass is 127. The molecule has 33 heavy (non-hydrogen) atoms. The Morgan fingerprint density at radius 2 is 1.79 bits per heavy atom. The summed E-state index contributed by atoms with van der Waals surface area (Å²) in [6.07, 6.45) is 4.07. The molecule has 1 heterocycles. The first kappa shape index (κ1) is 26.5. The fourth-order valence-electron chi connectivity index (χ4n) is 3.43. The number of hydrogen-bond donors (Lipinski definition) is 2. The van der Waals surface area contributed by atoms with Gasteiger partial charge in [0.05, 0.1) is 32.1 Å². The van der Waals surface area contributed by atoms with Crippen molar-refractivity contribution in [2.24, 2.45) is 4.99 Å². The summed E-state index contributed by atoms with van der Waals surface area (Å²) >= 11 is 0. The minimum Gasteiger partial charge on any atom is -0.493 e. The van der Waals surface area contributed by atoms with Gasteiger partial charge in [-0.1, -0.05) is 24.3 Å². The number of para-hydroxylation sites is 1. The van der Waals surface area contributed by atoms with Gasteiger partial charge in [0.1, 0.15) is 0 Å². The van der Waals surface area contributed by atoms with E-state index in [0.29, 0.717) is 12.3 Å². The van der Waals surface area contributed by atoms with E-state index in [1.165, 1.54) is 5.56 Å². The van der Waals surface area contributed by atoms with Crippen LogP contribution >= 0.6 is 24.0 Å². The van der Waals surface area contributed by atoms with E-state index in [1.54, 1.807) is 14.2 Å². The van der Waals surface area contributed by atoms with Crippen LogP contribution in [0.2, 0.25) is 0 Å². The Balaban J connectivity index is 0.00000385. The molecular weight excluding hydrogens is 529 g/mol. The van der Waals surface area contributed by atoms with Gasteiger partial charge in [0.2, 0.25) is 0 Å². The van der Waals surface area contributed by atoms with Crippen LogP contribution in [0.3, 0.4) is 0 Å². The Kier molecular flexibility index (Phi) is 11.0. The van der Waals surface area contributed by atoms with E-state index in [0.717, 1.165) is 54.6 Å². The second-order valence-corrected chi connectivity index (χ2v) is 7.43. The maximum absolute atomic E-state index is 5.38. The minimum atomic E-state index is 0. The maximum Gasteiger partial charge on any atom is 0.191 e. The molecule has 0 aliphatic rings. The van der Waals surface area contributed by atoms with E-state index < -0.39 is 0 Å². The standard InChI is InChI=1S/C25H33N5O2.HI/c1-5-26-25(28-17-20-13-14-23(31-3)24(16-20)32-4)27-15-9-10-21-18-30(29-19(21)2)22-11-7-6-8-12-22;/h6-8,11-14,16,18H,5,9-10,15,17H2,1-4H3,(H2,26,27,28);1H. The molecule has 3 rings (SSSR count). The third-order valence-electron chi connectivity index (χ3n) is 5.15. The van der Waals surface area contributed by atoms with Crippen molar-refractivity contribution in [2.45, 2.75) is 33.2 Å². The molecule has 0 atom stereocenters. The quantitative estimate of drug-likeness (QED) is 0.165. The van der Waals surface area contributed by atoms with Crippen molar-refractivity contribution in [1.82, 2.24) is 20.4 Å². The molecule has 0 saturated heterocycles. The van der Waals surface area contributed by atoms with Crippen molar-refractivity contribution >= 4 is 29.9 Å². The predicted molar refractivity (Wildman–Crippen MR) is 144 cm³/mol. The van der Waals surface area contributed by atoms with Crippen LogP contribution in [0.25, 0.3) is 5.69 Å². The van der Waals surface area contributed by atoms with Gasteiger partial charge < -0.3 is 20.1 Å². The largest absolute Gasteiger partial charge is 0.493 e. The van der Waals surface area contributed by atoms with Crippen molar-refractivity contribution < 1.29 is 9.47 Å². The average Bonchev–Trinajstić information content (AvgIpc) is 3.20. The summed E-state index contributed by atoms with van der Waals surface area (Å²) in [5, 5.41) is 11.4. The Labute approximate surface area is 213 Å². The van der Waals surface area contributed by atoms with Crippen molar-refractivity contribution in [3.8, 4) is 17.2 Å². The summed E-state index contributed by atoms with van der Waals surface area (Å²) < 4.78 is 12.6. The molecule has 1 aromatic heterocycles. The summed E-state index contributed by atoms with van der Waals surface area (Å²) in [5.74, 6) is 2.24. The number of guanidine groups is 1. The number of nitrogens with one attached hydrogen (secondary N) is 2. The molecule has 2 aromatic carbocycles. The van der Waals surface area contributed by atoms with Crippen LogP contribution in [-0.2, 0) is 13.0 Å². The zero-order valence-electron chi connectivity index (χ0n) is 19.8. The molecule has 3 aromatic rings. The van der Waals surface area contributed by atoms with Gasteiger partial charge in [-0.3, -0.25) is 0 Å². The smallest absolute Gasteiger partial charge is 0.191 e. The van der Waals surface area contributed by atoms with E-state index >= 15 is 0 Å². The summed E-state index contributed by atoms with van der Waals surface area (Å²) in [6.45, 7) is 6.32. The number of aromatic nitrogens is 2. The van der Waals surface area contributed by atoms with Gasteiger partial charge in [-0.05, 0) is 62.1 Å². The predicted octanol–water partition coefficient (Wildman–Crippen LogP) is 4.50. The average molecular weight is 563 g/mol. The highest BCUT2D eigenvalue weighted by Crippen LogP contribution is 2.27. The molecule has 0 unspecified atom stereocenters. The van der Waals surface area contributed by atoms with E-state index in [2.05, 4.69) is 47.9 Å². The van der Waals surface area contributed by atoms with E-state index in [9.17, 15) is 0 Å². The molecule has 0 aliphatic carbocycles. The van der Waals surface area contributed by atoms with Gasteiger partial charge in [-0.2, -0.15) is 5.10 Å². The maximum atomic E-state index is 5.38. The summed E-state index contributed by atoms with van der Waals surface area (Å²) in [5.41, 5.74) is 4.48. The molecule has 0 amide bonds. The first-order valence-electron chi connectivity index (χ1n) is 11.0. The molecule has 0 bridgehead atoms. The second-order valence-electron chi connectivity index (χ2n) is 7.43. The van der Waals surface area contributed by atoms with Gasteiger partial charge in [-0.25, -0.2) is 9.67 Å². The van der Waals surface area contributed by atoms with Crippen LogP contribution in [0.4, 0.5) is 0 Å². The fourth-order valence-corrected chi connectivity index (χ4v) is 3.43. The molecule has 8 heteroatoms. The Morgan fingerprint density at radius 3 is 2.48 bits per heavy atom. The normalized spacial score (nSPS) is 11.0. The lowest BCUT2D eigenvalue weighted by molar-refractivity contribution is 0.354. The monoisotopic (exact) mass is 563 g/mol. The van der Waals surface area contributed by atoms with Gasteiger partial charge in [-0.15, -0.1) is 24.0 Å². The number of halogens is 1. The number of aryl methyl sites for hydroxylation is 2. The first-order chi connectivity index (χ1) is 15.6. The molecule has 0 radical (unpaired) electrons. The number of benzene rings is 2. The molecule has 2 N–H and O–H groups in total.